The second kappa shape index (κ2) is 4.17. The maximum absolute atomic E-state index is 4.42. The Morgan fingerprint density at radius 3 is 2.50 bits per heavy atom. The minimum Gasteiger partial charge on any atom is -0.350 e. The zero-order valence-electron chi connectivity index (χ0n) is 9.38. The monoisotopic (exact) mass is 211 g/mol. The van der Waals surface area contributed by atoms with E-state index in [0.717, 1.165) is 10.6 Å². The van der Waals surface area contributed by atoms with Gasteiger partial charge < -0.3 is 5.32 Å². The first-order chi connectivity index (χ1) is 6.42. The Kier molecular flexibility index (Phi) is 3.37. The lowest BCUT2D eigenvalue weighted by molar-refractivity contribution is 0.624. The van der Waals surface area contributed by atoms with E-state index in [9.17, 15) is 0 Å². The zero-order valence-corrected chi connectivity index (χ0v) is 10.2. The summed E-state index contributed by atoms with van der Waals surface area (Å²) in [6.07, 6.45) is 3.88. The van der Waals surface area contributed by atoms with Gasteiger partial charge in [-0.05, 0) is 39.5 Å². The molecule has 0 aliphatic rings. The Morgan fingerprint density at radius 2 is 2.00 bits per heavy atom. The molecule has 1 heterocycles. The predicted octanol–water partition coefficient (Wildman–Crippen LogP) is 2.72. The lowest BCUT2D eigenvalue weighted by Crippen LogP contribution is -2.27. The molecule has 4 heteroatoms. The molecule has 78 valence electrons. The zero-order chi connectivity index (χ0) is 10.8. The standard InChI is InChI=1S/C10H17N3S/c1-7-6-11-9(12-8(7)14-5)13-10(2,3)4/h6H,1-5H3,(H,11,12,13). The molecule has 0 bridgehead atoms. The van der Waals surface area contributed by atoms with E-state index in [1.165, 1.54) is 0 Å². The Balaban J connectivity index is 2.90. The van der Waals surface area contributed by atoms with Crippen molar-refractivity contribution in [2.24, 2.45) is 0 Å². The van der Waals surface area contributed by atoms with Crippen molar-refractivity contribution in [2.75, 3.05) is 11.6 Å². The van der Waals surface area contributed by atoms with E-state index >= 15 is 0 Å². The van der Waals surface area contributed by atoms with Crippen LogP contribution in [0.4, 0.5) is 5.95 Å². The van der Waals surface area contributed by atoms with Gasteiger partial charge in [-0.3, -0.25) is 0 Å². The first-order valence-electron chi connectivity index (χ1n) is 4.58. The largest absolute Gasteiger partial charge is 0.350 e. The fraction of sp³-hybridized carbons (Fsp3) is 0.600. The van der Waals surface area contributed by atoms with Gasteiger partial charge in [-0.25, -0.2) is 9.97 Å². The summed E-state index contributed by atoms with van der Waals surface area (Å²) >= 11 is 1.64. The minimum absolute atomic E-state index is 0.00490. The van der Waals surface area contributed by atoms with Crippen molar-refractivity contribution in [3.05, 3.63) is 11.8 Å². The fourth-order valence-electron chi connectivity index (χ4n) is 1.03. The molecule has 0 aliphatic heterocycles. The molecule has 1 N–H and O–H groups in total. The normalized spacial score (nSPS) is 11.5. The van der Waals surface area contributed by atoms with Crippen molar-refractivity contribution in [1.82, 2.24) is 9.97 Å². The number of nitrogens with one attached hydrogen (secondary N) is 1. The van der Waals surface area contributed by atoms with Gasteiger partial charge in [0.2, 0.25) is 5.95 Å². The predicted molar refractivity (Wildman–Crippen MR) is 61.9 cm³/mol. The Labute approximate surface area is 89.7 Å². The summed E-state index contributed by atoms with van der Waals surface area (Å²) in [5.41, 5.74) is 1.13. The van der Waals surface area contributed by atoms with Crippen molar-refractivity contribution in [1.29, 1.82) is 0 Å². The molecule has 1 aromatic rings. The molecule has 0 spiro atoms. The number of aryl methyl sites for hydroxylation is 1. The molecule has 1 aromatic heterocycles. The van der Waals surface area contributed by atoms with Crippen LogP contribution in [-0.2, 0) is 0 Å². The highest BCUT2D eigenvalue weighted by Crippen LogP contribution is 2.18. The maximum atomic E-state index is 4.42. The Morgan fingerprint density at radius 1 is 1.36 bits per heavy atom. The Bertz CT molecular complexity index is 318. The van der Waals surface area contributed by atoms with E-state index in [-0.39, 0.29) is 5.54 Å². The molecule has 0 fully saturated rings. The van der Waals surface area contributed by atoms with Crippen LogP contribution >= 0.6 is 11.8 Å². The molecule has 0 amide bonds. The molecule has 0 atom stereocenters. The SMILES string of the molecule is CSc1nc(NC(C)(C)C)ncc1C. The average molecular weight is 211 g/mol. The number of hydrogen-bond acceptors (Lipinski definition) is 4. The van der Waals surface area contributed by atoms with Crippen molar-refractivity contribution in [2.45, 2.75) is 38.3 Å². The molecule has 0 aliphatic carbocycles. The third-order valence-corrected chi connectivity index (χ3v) is 2.41. The van der Waals surface area contributed by atoms with Gasteiger partial charge in [0.15, 0.2) is 0 Å². The smallest absolute Gasteiger partial charge is 0.224 e. The molecule has 0 radical (unpaired) electrons. The van der Waals surface area contributed by atoms with Gasteiger partial charge >= 0.3 is 0 Å². The van der Waals surface area contributed by atoms with Crippen LogP contribution in [0, 0.1) is 6.92 Å². The number of anilines is 1. The number of aromatic nitrogens is 2. The summed E-state index contributed by atoms with van der Waals surface area (Å²) in [5.74, 6) is 0.701. The molecule has 3 nitrogen and oxygen atoms in total. The summed E-state index contributed by atoms with van der Waals surface area (Å²) in [5, 5.41) is 4.28. The van der Waals surface area contributed by atoms with E-state index in [1.54, 1.807) is 11.8 Å². The van der Waals surface area contributed by atoms with E-state index < -0.39 is 0 Å². The molecule has 0 aromatic carbocycles. The van der Waals surface area contributed by atoms with Crippen LogP contribution in [0.1, 0.15) is 26.3 Å². The number of rotatable bonds is 2. The summed E-state index contributed by atoms with van der Waals surface area (Å²) < 4.78 is 0. The topological polar surface area (TPSA) is 37.8 Å². The van der Waals surface area contributed by atoms with E-state index in [2.05, 4.69) is 36.1 Å². The summed E-state index contributed by atoms with van der Waals surface area (Å²) in [6, 6.07) is 0. The highest BCUT2D eigenvalue weighted by Gasteiger charge is 2.11. The van der Waals surface area contributed by atoms with Gasteiger partial charge in [0.25, 0.3) is 0 Å². The number of hydrogen-bond donors (Lipinski definition) is 1. The lowest BCUT2D eigenvalue weighted by atomic mass is 10.1. The second-order valence-electron chi connectivity index (χ2n) is 4.26. The third kappa shape index (κ3) is 3.18. The molecule has 14 heavy (non-hydrogen) atoms. The van der Waals surface area contributed by atoms with Gasteiger partial charge in [0.1, 0.15) is 5.03 Å². The van der Waals surface area contributed by atoms with Gasteiger partial charge in [-0.2, -0.15) is 0 Å². The molecular weight excluding hydrogens is 194 g/mol. The van der Waals surface area contributed by atoms with Crippen molar-refractivity contribution >= 4 is 17.7 Å². The van der Waals surface area contributed by atoms with Crippen LogP contribution in [0.25, 0.3) is 0 Å². The number of nitrogens with zero attached hydrogens (tertiary/aromatic N) is 2. The third-order valence-electron chi connectivity index (χ3n) is 1.61. The second-order valence-corrected chi connectivity index (χ2v) is 5.06. The molecule has 0 saturated carbocycles. The van der Waals surface area contributed by atoms with Crippen LogP contribution in [0.3, 0.4) is 0 Å². The van der Waals surface area contributed by atoms with Crippen molar-refractivity contribution < 1.29 is 0 Å². The van der Waals surface area contributed by atoms with Gasteiger partial charge in [-0.15, -0.1) is 11.8 Å². The van der Waals surface area contributed by atoms with Crippen LogP contribution in [0.15, 0.2) is 11.2 Å². The van der Waals surface area contributed by atoms with E-state index in [4.69, 9.17) is 0 Å². The summed E-state index contributed by atoms with van der Waals surface area (Å²) in [4.78, 5) is 8.65. The van der Waals surface area contributed by atoms with Crippen LogP contribution in [0.5, 0.6) is 0 Å². The Hall–Kier alpha value is -0.770. The minimum atomic E-state index is 0.00490. The maximum Gasteiger partial charge on any atom is 0.224 e. The van der Waals surface area contributed by atoms with Crippen LogP contribution in [-0.4, -0.2) is 21.8 Å². The van der Waals surface area contributed by atoms with Gasteiger partial charge in [0, 0.05) is 11.7 Å². The van der Waals surface area contributed by atoms with Crippen molar-refractivity contribution in [3.63, 3.8) is 0 Å². The highest BCUT2D eigenvalue weighted by molar-refractivity contribution is 7.98. The van der Waals surface area contributed by atoms with Crippen LogP contribution < -0.4 is 5.32 Å². The first-order valence-corrected chi connectivity index (χ1v) is 5.80. The lowest BCUT2D eigenvalue weighted by Gasteiger charge is -2.20. The average Bonchev–Trinajstić information content (AvgIpc) is 2.06. The highest BCUT2D eigenvalue weighted by atomic mass is 32.2. The first kappa shape index (κ1) is 11.3. The molecule has 0 saturated heterocycles. The molecule has 0 unspecified atom stereocenters. The van der Waals surface area contributed by atoms with Gasteiger partial charge in [0.05, 0.1) is 0 Å². The van der Waals surface area contributed by atoms with E-state index in [1.807, 2.05) is 19.4 Å². The molecular formula is C10H17N3S. The summed E-state index contributed by atoms with van der Waals surface area (Å²) in [7, 11) is 0. The summed E-state index contributed by atoms with van der Waals surface area (Å²) in [6.45, 7) is 8.30. The van der Waals surface area contributed by atoms with Crippen LogP contribution in [0.2, 0.25) is 0 Å². The van der Waals surface area contributed by atoms with E-state index in [0.29, 0.717) is 5.95 Å². The fourth-order valence-corrected chi connectivity index (χ4v) is 1.58. The quantitative estimate of drug-likeness (QED) is 0.603. The van der Waals surface area contributed by atoms with Gasteiger partial charge in [-0.1, -0.05) is 0 Å². The molecule has 1 rings (SSSR count). The number of thioether (sulfide) groups is 1. The van der Waals surface area contributed by atoms with Crippen molar-refractivity contribution in [3.8, 4) is 0 Å².